The maximum absolute atomic E-state index is 11.7. The number of methoxy groups -OCH3 is 1. The SMILES string of the molecule is COC(=O)CN(C)Cc1cc(=O)n2ncsc2n1. The van der Waals surface area contributed by atoms with Gasteiger partial charge in [0.05, 0.1) is 19.3 Å². The Bertz CT molecular complexity index is 621. The molecule has 0 aliphatic carbocycles. The van der Waals surface area contributed by atoms with E-state index in [9.17, 15) is 9.59 Å². The van der Waals surface area contributed by atoms with Gasteiger partial charge in [-0.2, -0.15) is 9.61 Å². The van der Waals surface area contributed by atoms with Crippen LogP contribution in [0.15, 0.2) is 16.4 Å². The fourth-order valence-corrected chi connectivity index (χ4v) is 2.14. The number of hydrogen-bond acceptors (Lipinski definition) is 7. The van der Waals surface area contributed by atoms with Gasteiger partial charge in [0, 0.05) is 12.6 Å². The zero-order chi connectivity index (χ0) is 13.1. The van der Waals surface area contributed by atoms with Gasteiger partial charge in [0.15, 0.2) is 0 Å². The lowest BCUT2D eigenvalue weighted by Gasteiger charge is -2.13. The van der Waals surface area contributed by atoms with E-state index in [1.165, 1.54) is 29.0 Å². The number of hydrogen-bond donors (Lipinski definition) is 0. The van der Waals surface area contributed by atoms with Gasteiger partial charge in [-0.1, -0.05) is 11.3 Å². The number of carbonyl (C=O) groups excluding carboxylic acids is 1. The largest absolute Gasteiger partial charge is 0.468 e. The Morgan fingerprint density at radius 3 is 3.11 bits per heavy atom. The molecule has 0 saturated heterocycles. The van der Waals surface area contributed by atoms with Crippen LogP contribution in [0.2, 0.25) is 0 Å². The van der Waals surface area contributed by atoms with E-state index >= 15 is 0 Å². The van der Waals surface area contributed by atoms with Gasteiger partial charge in [-0.25, -0.2) is 4.98 Å². The smallest absolute Gasteiger partial charge is 0.319 e. The van der Waals surface area contributed by atoms with Crippen molar-refractivity contribution in [3.05, 3.63) is 27.6 Å². The number of rotatable bonds is 4. The van der Waals surface area contributed by atoms with Crippen molar-refractivity contribution in [1.82, 2.24) is 19.5 Å². The zero-order valence-electron chi connectivity index (χ0n) is 9.99. The van der Waals surface area contributed by atoms with Crippen LogP contribution in [0.25, 0.3) is 4.96 Å². The van der Waals surface area contributed by atoms with E-state index in [2.05, 4.69) is 14.8 Å². The molecule has 0 unspecified atom stereocenters. The molecule has 2 heterocycles. The molecule has 0 radical (unpaired) electrons. The summed E-state index contributed by atoms with van der Waals surface area (Å²) in [4.78, 5) is 29.3. The summed E-state index contributed by atoms with van der Waals surface area (Å²) in [6.07, 6.45) is 0. The van der Waals surface area contributed by atoms with Crippen molar-refractivity contribution in [2.75, 3.05) is 20.7 Å². The van der Waals surface area contributed by atoms with E-state index in [1.807, 2.05) is 0 Å². The van der Waals surface area contributed by atoms with E-state index in [4.69, 9.17) is 0 Å². The molecule has 0 N–H and O–H groups in total. The third-order valence-electron chi connectivity index (χ3n) is 2.30. The number of ether oxygens (including phenoxy) is 1. The first-order valence-electron chi connectivity index (χ1n) is 5.18. The molecule has 0 fully saturated rings. The summed E-state index contributed by atoms with van der Waals surface area (Å²) in [5.74, 6) is -0.326. The van der Waals surface area contributed by atoms with Crippen LogP contribution in [0, 0.1) is 0 Å². The maximum atomic E-state index is 11.7. The van der Waals surface area contributed by atoms with Gasteiger partial charge in [0.2, 0.25) is 4.96 Å². The van der Waals surface area contributed by atoms with Crippen LogP contribution in [-0.4, -0.2) is 46.2 Å². The molecule has 0 bridgehead atoms. The van der Waals surface area contributed by atoms with Gasteiger partial charge in [-0.3, -0.25) is 14.5 Å². The zero-order valence-corrected chi connectivity index (χ0v) is 10.8. The minimum atomic E-state index is -0.326. The van der Waals surface area contributed by atoms with Crippen LogP contribution in [-0.2, 0) is 16.1 Å². The molecule has 0 aromatic carbocycles. The quantitative estimate of drug-likeness (QED) is 0.712. The van der Waals surface area contributed by atoms with Crippen molar-refractivity contribution in [2.45, 2.75) is 6.54 Å². The molecule has 0 atom stereocenters. The molecule has 2 rings (SSSR count). The van der Waals surface area contributed by atoms with Crippen molar-refractivity contribution in [1.29, 1.82) is 0 Å². The first kappa shape index (κ1) is 12.7. The molecule has 0 amide bonds. The minimum Gasteiger partial charge on any atom is -0.468 e. The van der Waals surface area contributed by atoms with E-state index in [0.717, 1.165) is 0 Å². The van der Waals surface area contributed by atoms with E-state index in [0.29, 0.717) is 17.2 Å². The Kier molecular flexibility index (Phi) is 3.68. The van der Waals surface area contributed by atoms with Gasteiger partial charge in [-0.15, -0.1) is 0 Å². The highest BCUT2D eigenvalue weighted by atomic mass is 32.1. The standard InChI is InChI=1S/C10H12N4O3S/c1-13(5-9(16)17-2)4-7-3-8(15)14-10(12-7)18-6-11-14/h3,6H,4-5H2,1-2H3. The second-order valence-corrected chi connectivity index (χ2v) is 4.58. The molecule has 2 aromatic rings. The highest BCUT2D eigenvalue weighted by Gasteiger charge is 2.10. The lowest BCUT2D eigenvalue weighted by Crippen LogP contribution is -2.27. The van der Waals surface area contributed by atoms with Gasteiger partial charge in [0.1, 0.15) is 5.51 Å². The minimum absolute atomic E-state index is 0.153. The molecule has 7 nitrogen and oxygen atoms in total. The molecule has 8 heteroatoms. The summed E-state index contributed by atoms with van der Waals surface area (Å²) < 4.78 is 5.81. The van der Waals surface area contributed by atoms with Crippen molar-refractivity contribution in [3.63, 3.8) is 0 Å². The Balaban J connectivity index is 2.16. The fraction of sp³-hybridized carbons (Fsp3) is 0.400. The summed E-state index contributed by atoms with van der Waals surface area (Å²) in [6.45, 7) is 0.555. The normalized spacial score (nSPS) is 11.1. The van der Waals surface area contributed by atoms with Crippen LogP contribution in [0.5, 0.6) is 0 Å². The van der Waals surface area contributed by atoms with Crippen LogP contribution >= 0.6 is 11.3 Å². The van der Waals surface area contributed by atoms with Crippen LogP contribution in [0.3, 0.4) is 0 Å². The summed E-state index contributed by atoms with van der Waals surface area (Å²) in [5, 5.41) is 3.87. The van der Waals surface area contributed by atoms with E-state index < -0.39 is 0 Å². The summed E-state index contributed by atoms with van der Waals surface area (Å²) in [7, 11) is 3.09. The molecule has 0 aliphatic heterocycles. The van der Waals surface area contributed by atoms with Gasteiger partial charge in [-0.05, 0) is 7.05 Å². The first-order valence-corrected chi connectivity index (χ1v) is 6.06. The molecule has 96 valence electrons. The number of esters is 1. The average Bonchev–Trinajstić information content (AvgIpc) is 2.77. The molecule has 2 aromatic heterocycles. The Hall–Kier alpha value is -1.80. The predicted octanol–water partition coefficient (Wildman–Crippen LogP) is -0.244. The van der Waals surface area contributed by atoms with Crippen molar-refractivity contribution >= 4 is 22.3 Å². The molecule has 0 aliphatic rings. The van der Waals surface area contributed by atoms with Crippen molar-refractivity contribution in [3.8, 4) is 0 Å². The number of carbonyl (C=O) groups is 1. The van der Waals surface area contributed by atoms with Gasteiger partial charge >= 0.3 is 5.97 Å². The number of likely N-dealkylation sites (N-methyl/N-ethyl adjacent to an activating group) is 1. The predicted molar refractivity (Wildman–Crippen MR) is 65.5 cm³/mol. The second-order valence-electron chi connectivity index (χ2n) is 3.77. The maximum Gasteiger partial charge on any atom is 0.319 e. The number of aromatic nitrogens is 3. The van der Waals surface area contributed by atoms with Crippen LogP contribution < -0.4 is 5.56 Å². The molecule has 0 saturated carbocycles. The number of nitrogens with zero attached hydrogens (tertiary/aromatic N) is 4. The Labute approximate surface area is 107 Å². The monoisotopic (exact) mass is 268 g/mol. The number of fused-ring (bicyclic) bond motifs is 1. The topological polar surface area (TPSA) is 76.8 Å². The Morgan fingerprint density at radius 1 is 1.61 bits per heavy atom. The highest BCUT2D eigenvalue weighted by molar-refractivity contribution is 7.14. The first-order chi connectivity index (χ1) is 8.60. The highest BCUT2D eigenvalue weighted by Crippen LogP contribution is 2.05. The fourth-order valence-electron chi connectivity index (χ4n) is 1.50. The van der Waals surface area contributed by atoms with Gasteiger partial charge in [0.25, 0.3) is 5.56 Å². The third-order valence-corrected chi connectivity index (χ3v) is 2.97. The molecular formula is C10H12N4O3S. The lowest BCUT2D eigenvalue weighted by atomic mass is 10.3. The molecular weight excluding hydrogens is 256 g/mol. The van der Waals surface area contributed by atoms with Crippen molar-refractivity contribution in [2.24, 2.45) is 0 Å². The van der Waals surface area contributed by atoms with Crippen LogP contribution in [0.4, 0.5) is 0 Å². The second kappa shape index (κ2) is 5.23. The molecule has 18 heavy (non-hydrogen) atoms. The molecule has 0 spiro atoms. The van der Waals surface area contributed by atoms with Gasteiger partial charge < -0.3 is 4.74 Å². The summed E-state index contributed by atoms with van der Waals surface area (Å²) in [5.41, 5.74) is 1.95. The lowest BCUT2D eigenvalue weighted by molar-refractivity contribution is -0.141. The van der Waals surface area contributed by atoms with E-state index in [-0.39, 0.29) is 18.1 Å². The Morgan fingerprint density at radius 2 is 2.39 bits per heavy atom. The summed E-state index contributed by atoms with van der Waals surface area (Å²) in [6, 6.07) is 1.42. The summed E-state index contributed by atoms with van der Waals surface area (Å²) >= 11 is 1.29. The average molecular weight is 268 g/mol. The van der Waals surface area contributed by atoms with Crippen LogP contribution in [0.1, 0.15) is 5.69 Å². The van der Waals surface area contributed by atoms with E-state index in [1.54, 1.807) is 17.5 Å². The third kappa shape index (κ3) is 2.71. The van der Waals surface area contributed by atoms with Crippen molar-refractivity contribution < 1.29 is 9.53 Å².